The third-order valence-corrected chi connectivity index (χ3v) is 5.06. The summed E-state index contributed by atoms with van der Waals surface area (Å²) in [4.78, 5) is 21.0. The highest BCUT2D eigenvalue weighted by Gasteiger charge is 2.23. The second-order valence-corrected chi connectivity index (χ2v) is 6.89. The molecule has 0 aliphatic carbocycles. The van der Waals surface area contributed by atoms with E-state index in [1.807, 2.05) is 50.8 Å². The van der Waals surface area contributed by atoms with Crippen molar-refractivity contribution in [3.05, 3.63) is 46.7 Å². The van der Waals surface area contributed by atoms with Crippen LogP contribution in [0.4, 0.5) is 0 Å². The van der Waals surface area contributed by atoms with Crippen LogP contribution in [0, 0.1) is 27.7 Å². The standard InChI is InChI=1S/C20H27N3O3/c1-14-6-5-7-18(15(14)2)25-13-20(24)23-10-8-22(9-11-23)12-19-21-16(3)17(4)26-19/h5-7H,8-13H2,1-4H3. The van der Waals surface area contributed by atoms with Crippen molar-refractivity contribution >= 4 is 5.91 Å². The van der Waals surface area contributed by atoms with Crippen molar-refractivity contribution in [2.75, 3.05) is 32.8 Å². The van der Waals surface area contributed by atoms with Crippen LogP contribution in [-0.2, 0) is 11.3 Å². The number of piperazine rings is 1. The highest BCUT2D eigenvalue weighted by Crippen LogP contribution is 2.20. The molecule has 2 heterocycles. The highest BCUT2D eigenvalue weighted by molar-refractivity contribution is 5.78. The molecule has 6 heteroatoms. The third-order valence-electron chi connectivity index (χ3n) is 5.06. The Hall–Kier alpha value is -2.34. The number of carbonyl (C=O) groups excluding carboxylic acids is 1. The molecule has 2 aromatic rings. The van der Waals surface area contributed by atoms with Crippen LogP contribution >= 0.6 is 0 Å². The second kappa shape index (κ2) is 7.91. The summed E-state index contributed by atoms with van der Waals surface area (Å²) in [5, 5.41) is 0. The molecule has 0 radical (unpaired) electrons. The number of hydrogen-bond donors (Lipinski definition) is 0. The van der Waals surface area contributed by atoms with Gasteiger partial charge in [-0.2, -0.15) is 0 Å². The Morgan fingerprint density at radius 3 is 2.54 bits per heavy atom. The minimum absolute atomic E-state index is 0.0355. The van der Waals surface area contributed by atoms with Crippen LogP contribution in [0.25, 0.3) is 0 Å². The zero-order valence-electron chi connectivity index (χ0n) is 16.0. The summed E-state index contributed by atoms with van der Waals surface area (Å²) < 4.78 is 11.4. The first kappa shape index (κ1) is 18.5. The van der Waals surface area contributed by atoms with Crippen molar-refractivity contribution < 1.29 is 13.9 Å². The van der Waals surface area contributed by atoms with Gasteiger partial charge >= 0.3 is 0 Å². The van der Waals surface area contributed by atoms with Gasteiger partial charge in [-0.05, 0) is 44.9 Å². The Kier molecular flexibility index (Phi) is 5.61. The Balaban J connectivity index is 1.46. The summed E-state index contributed by atoms with van der Waals surface area (Å²) >= 11 is 0. The molecule has 6 nitrogen and oxygen atoms in total. The lowest BCUT2D eigenvalue weighted by molar-refractivity contribution is -0.135. The van der Waals surface area contributed by atoms with E-state index in [2.05, 4.69) is 9.88 Å². The number of carbonyl (C=O) groups is 1. The van der Waals surface area contributed by atoms with Crippen LogP contribution in [0.5, 0.6) is 5.75 Å². The maximum atomic E-state index is 12.4. The van der Waals surface area contributed by atoms with Gasteiger partial charge in [0.05, 0.1) is 12.2 Å². The van der Waals surface area contributed by atoms with Gasteiger partial charge in [0.25, 0.3) is 5.91 Å². The average Bonchev–Trinajstić information content (AvgIpc) is 2.94. The maximum absolute atomic E-state index is 12.4. The van der Waals surface area contributed by atoms with Gasteiger partial charge in [-0.25, -0.2) is 4.98 Å². The van der Waals surface area contributed by atoms with E-state index in [1.165, 1.54) is 5.56 Å². The molecule has 0 saturated carbocycles. The first-order valence-corrected chi connectivity index (χ1v) is 9.06. The van der Waals surface area contributed by atoms with Gasteiger partial charge < -0.3 is 14.1 Å². The minimum Gasteiger partial charge on any atom is -0.483 e. The number of aromatic nitrogens is 1. The Bertz CT molecular complexity index is 757. The molecule has 3 rings (SSSR count). The van der Waals surface area contributed by atoms with E-state index in [1.54, 1.807) is 0 Å². The Labute approximate surface area is 154 Å². The topological polar surface area (TPSA) is 58.8 Å². The molecule has 26 heavy (non-hydrogen) atoms. The number of ether oxygens (including phenoxy) is 1. The molecule has 1 aromatic carbocycles. The van der Waals surface area contributed by atoms with E-state index < -0.39 is 0 Å². The normalized spacial score (nSPS) is 15.3. The van der Waals surface area contributed by atoms with Crippen LogP contribution in [0.1, 0.15) is 28.5 Å². The van der Waals surface area contributed by atoms with Crippen LogP contribution in [0.2, 0.25) is 0 Å². The molecule has 1 amide bonds. The molecule has 0 N–H and O–H groups in total. The number of aryl methyl sites for hydroxylation is 3. The molecule has 1 fully saturated rings. The summed E-state index contributed by atoms with van der Waals surface area (Å²) in [7, 11) is 0. The zero-order valence-corrected chi connectivity index (χ0v) is 16.0. The van der Waals surface area contributed by atoms with Crippen molar-refractivity contribution in [3.63, 3.8) is 0 Å². The third kappa shape index (κ3) is 4.25. The number of nitrogens with zero attached hydrogens (tertiary/aromatic N) is 3. The quantitative estimate of drug-likeness (QED) is 0.823. The van der Waals surface area contributed by atoms with E-state index in [0.29, 0.717) is 19.6 Å². The highest BCUT2D eigenvalue weighted by atomic mass is 16.5. The molecule has 0 unspecified atom stereocenters. The van der Waals surface area contributed by atoms with Crippen LogP contribution in [0.3, 0.4) is 0 Å². The van der Waals surface area contributed by atoms with Crippen molar-refractivity contribution in [1.29, 1.82) is 0 Å². The van der Waals surface area contributed by atoms with Gasteiger partial charge in [0.15, 0.2) is 6.61 Å². The first-order valence-electron chi connectivity index (χ1n) is 9.06. The molecule has 1 aliphatic heterocycles. The predicted molar refractivity (Wildman–Crippen MR) is 99.2 cm³/mol. The van der Waals surface area contributed by atoms with Gasteiger partial charge in [-0.15, -0.1) is 0 Å². The van der Waals surface area contributed by atoms with E-state index >= 15 is 0 Å². The fourth-order valence-electron chi connectivity index (χ4n) is 3.06. The number of hydrogen-bond acceptors (Lipinski definition) is 5. The van der Waals surface area contributed by atoms with Crippen molar-refractivity contribution in [3.8, 4) is 5.75 Å². The van der Waals surface area contributed by atoms with E-state index in [9.17, 15) is 4.79 Å². The molecular formula is C20H27N3O3. The average molecular weight is 357 g/mol. The fraction of sp³-hybridized carbons (Fsp3) is 0.500. The summed E-state index contributed by atoms with van der Waals surface area (Å²) in [5.74, 6) is 2.44. The maximum Gasteiger partial charge on any atom is 0.260 e. The second-order valence-electron chi connectivity index (χ2n) is 6.89. The summed E-state index contributed by atoms with van der Waals surface area (Å²) in [6.45, 7) is 11.7. The number of benzene rings is 1. The van der Waals surface area contributed by atoms with Gasteiger partial charge in [0.2, 0.25) is 5.89 Å². The van der Waals surface area contributed by atoms with Crippen LogP contribution < -0.4 is 4.74 Å². The molecule has 140 valence electrons. The predicted octanol–water partition coefficient (Wildman–Crippen LogP) is 2.63. The van der Waals surface area contributed by atoms with Gasteiger partial charge in [-0.3, -0.25) is 9.69 Å². The molecular weight excluding hydrogens is 330 g/mol. The van der Waals surface area contributed by atoms with Crippen molar-refractivity contribution in [2.24, 2.45) is 0 Å². The van der Waals surface area contributed by atoms with E-state index in [-0.39, 0.29) is 12.5 Å². The largest absolute Gasteiger partial charge is 0.483 e. The van der Waals surface area contributed by atoms with E-state index in [0.717, 1.165) is 41.7 Å². The van der Waals surface area contributed by atoms with Crippen LogP contribution in [0.15, 0.2) is 22.6 Å². The molecule has 0 spiro atoms. The molecule has 0 atom stereocenters. The number of oxazole rings is 1. The molecule has 1 aromatic heterocycles. The molecule has 1 saturated heterocycles. The van der Waals surface area contributed by atoms with Crippen LogP contribution in [-0.4, -0.2) is 53.5 Å². The Morgan fingerprint density at radius 1 is 1.15 bits per heavy atom. The minimum atomic E-state index is 0.0355. The zero-order chi connectivity index (χ0) is 18.7. The lowest BCUT2D eigenvalue weighted by atomic mass is 10.1. The summed E-state index contributed by atoms with van der Waals surface area (Å²) in [5.41, 5.74) is 3.19. The van der Waals surface area contributed by atoms with Crippen molar-refractivity contribution in [1.82, 2.24) is 14.8 Å². The fourth-order valence-corrected chi connectivity index (χ4v) is 3.06. The first-order chi connectivity index (χ1) is 12.4. The monoisotopic (exact) mass is 357 g/mol. The summed E-state index contributed by atoms with van der Waals surface area (Å²) in [6.07, 6.45) is 0. The smallest absolute Gasteiger partial charge is 0.260 e. The number of amides is 1. The molecule has 1 aliphatic rings. The van der Waals surface area contributed by atoms with Gasteiger partial charge in [0.1, 0.15) is 11.5 Å². The lowest BCUT2D eigenvalue weighted by Crippen LogP contribution is -2.49. The van der Waals surface area contributed by atoms with E-state index in [4.69, 9.17) is 9.15 Å². The Morgan fingerprint density at radius 2 is 1.88 bits per heavy atom. The lowest BCUT2D eigenvalue weighted by Gasteiger charge is -2.34. The van der Waals surface area contributed by atoms with Crippen molar-refractivity contribution in [2.45, 2.75) is 34.2 Å². The molecule has 0 bridgehead atoms. The van der Waals surface area contributed by atoms with Gasteiger partial charge in [-0.1, -0.05) is 12.1 Å². The summed E-state index contributed by atoms with van der Waals surface area (Å²) in [6, 6.07) is 5.90. The van der Waals surface area contributed by atoms with Gasteiger partial charge in [0, 0.05) is 26.2 Å². The SMILES string of the molecule is Cc1cccc(OCC(=O)N2CCN(Cc3nc(C)c(C)o3)CC2)c1C. The number of rotatable bonds is 5.